The van der Waals surface area contributed by atoms with Crippen molar-refractivity contribution in [2.24, 2.45) is 0 Å². The van der Waals surface area contributed by atoms with E-state index in [9.17, 15) is 18.8 Å². The van der Waals surface area contributed by atoms with Crippen molar-refractivity contribution in [1.29, 1.82) is 0 Å². The number of amides is 2. The maximum atomic E-state index is 13.8. The van der Waals surface area contributed by atoms with Gasteiger partial charge in [0.1, 0.15) is 5.82 Å². The summed E-state index contributed by atoms with van der Waals surface area (Å²) in [7, 11) is 1.29. The van der Waals surface area contributed by atoms with Crippen molar-refractivity contribution in [2.75, 3.05) is 17.7 Å². The van der Waals surface area contributed by atoms with Crippen molar-refractivity contribution >= 4 is 35.2 Å². The molecule has 0 heterocycles. The highest BCUT2D eigenvalue weighted by molar-refractivity contribution is 6.02. The molecule has 0 unspecified atom stereocenters. The predicted octanol–water partition coefficient (Wildman–Crippen LogP) is 3.22. The maximum absolute atomic E-state index is 13.8. The summed E-state index contributed by atoms with van der Waals surface area (Å²) < 4.78 is 18.4. The van der Waals surface area contributed by atoms with E-state index < -0.39 is 17.7 Å². The van der Waals surface area contributed by atoms with E-state index in [0.29, 0.717) is 16.8 Å². The smallest absolute Gasteiger partial charge is 0.337 e. The van der Waals surface area contributed by atoms with Crippen molar-refractivity contribution in [3.63, 3.8) is 0 Å². The summed E-state index contributed by atoms with van der Waals surface area (Å²) in [5, 5.41) is 4.92. The molecule has 0 saturated carbocycles. The van der Waals surface area contributed by atoms with E-state index >= 15 is 0 Å². The van der Waals surface area contributed by atoms with Crippen LogP contribution in [0, 0.1) is 5.82 Å². The van der Waals surface area contributed by atoms with E-state index in [-0.39, 0.29) is 11.6 Å². The van der Waals surface area contributed by atoms with Gasteiger partial charge >= 0.3 is 5.97 Å². The Morgan fingerprint density at radius 1 is 1.04 bits per heavy atom. The molecule has 134 valence electrons. The van der Waals surface area contributed by atoms with Gasteiger partial charge in [-0.25, -0.2) is 9.18 Å². The summed E-state index contributed by atoms with van der Waals surface area (Å²) in [6, 6.07) is 10.3. The number of halogens is 1. The van der Waals surface area contributed by atoms with E-state index in [1.807, 2.05) is 0 Å². The maximum Gasteiger partial charge on any atom is 0.337 e. The van der Waals surface area contributed by atoms with Crippen molar-refractivity contribution in [3.8, 4) is 0 Å². The number of carbonyl (C=O) groups excluding carboxylic acids is 3. The fraction of sp³-hybridized carbons (Fsp3) is 0.105. The number of esters is 1. The molecule has 0 bridgehead atoms. The monoisotopic (exact) mass is 356 g/mol. The molecule has 26 heavy (non-hydrogen) atoms. The molecule has 0 spiro atoms. The van der Waals surface area contributed by atoms with Crippen LogP contribution >= 0.6 is 0 Å². The van der Waals surface area contributed by atoms with E-state index in [1.54, 1.807) is 24.3 Å². The van der Waals surface area contributed by atoms with Crippen molar-refractivity contribution in [3.05, 3.63) is 65.5 Å². The molecule has 6 nitrogen and oxygen atoms in total. The summed E-state index contributed by atoms with van der Waals surface area (Å²) in [4.78, 5) is 34.4. The molecule has 0 atom stereocenters. The van der Waals surface area contributed by atoms with Gasteiger partial charge in [0.2, 0.25) is 11.8 Å². The summed E-state index contributed by atoms with van der Waals surface area (Å²) in [6.45, 7) is 1.33. The molecule has 0 aromatic heterocycles. The number of methoxy groups -OCH3 is 1. The highest BCUT2D eigenvalue weighted by atomic mass is 19.1. The lowest BCUT2D eigenvalue weighted by Crippen LogP contribution is -2.11. The zero-order valence-electron chi connectivity index (χ0n) is 14.2. The Kier molecular flexibility index (Phi) is 6.21. The van der Waals surface area contributed by atoms with E-state index in [4.69, 9.17) is 0 Å². The second-order valence-electron chi connectivity index (χ2n) is 5.31. The Hall–Kier alpha value is -3.48. The van der Waals surface area contributed by atoms with Gasteiger partial charge in [-0.3, -0.25) is 9.59 Å². The van der Waals surface area contributed by atoms with Crippen LogP contribution in [-0.4, -0.2) is 24.9 Å². The average Bonchev–Trinajstić information content (AvgIpc) is 2.62. The fourth-order valence-electron chi connectivity index (χ4n) is 2.10. The minimum Gasteiger partial charge on any atom is -0.465 e. The number of nitrogens with one attached hydrogen (secondary N) is 2. The van der Waals surface area contributed by atoms with Crippen molar-refractivity contribution < 1.29 is 23.5 Å². The minimum atomic E-state index is -0.622. The van der Waals surface area contributed by atoms with E-state index in [1.165, 1.54) is 38.3 Å². The van der Waals surface area contributed by atoms with Gasteiger partial charge in [0.15, 0.2) is 0 Å². The second-order valence-corrected chi connectivity index (χ2v) is 5.31. The Labute approximate surface area is 149 Å². The lowest BCUT2D eigenvalue weighted by Gasteiger charge is -2.07. The molecule has 2 amide bonds. The topological polar surface area (TPSA) is 84.5 Å². The van der Waals surface area contributed by atoms with Gasteiger partial charge < -0.3 is 15.4 Å². The first kappa shape index (κ1) is 18.9. The Bertz CT molecular complexity index is 860. The molecule has 2 aromatic rings. The standard InChI is InChI=1S/C19H17FN2O4/c1-12(23)21-15-8-9-16(20)17(11-15)22-18(24)10-5-13-3-6-14(7-4-13)19(25)26-2/h3-11H,1-2H3,(H,21,23)(H,22,24)/b10-5+. The molecule has 0 fully saturated rings. The number of anilines is 2. The van der Waals surface area contributed by atoms with Gasteiger partial charge in [-0.2, -0.15) is 0 Å². The Balaban J connectivity index is 2.05. The SMILES string of the molecule is COC(=O)c1ccc(/C=C/C(=O)Nc2cc(NC(C)=O)ccc2F)cc1. The van der Waals surface area contributed by atoms with Gasteiger partial charge in [-0.1, -0.05) is 12.1 Å². The third kappa shape index (κ3) is 5.27. The molecule has 0 aliphatic rings. The van der Waals surface area contributed by atoms with Crippen LogP contribution in [0.4, 0.5) is 15.8 Å². The van der Waals surface area contributed by atoms with Crippen molar-refractivity contribution in [1.82, 2.24) is 0 Å². The van der Waals surface area contributed by atoms with Crippen LogP contribution in [0.25, 0.3) is 6.08 Å². The number of benzene rings is 2. The summed E-state index contributed by atoms with van der Waals surface area (Å²) >= 11 is 0. The number of ether oxygens (including phenoxy) is 1. The normalized spacial score (nSPS) is 10.4. The van der Waals surface area contributed by atoms with Crippen LogP contribution in [0.5, 0.6) is 0 Å². The Morgan fingerprint density at radius 2 is 1.73 bits per heavy atom. The van der Waals surface area contributed by atoms with E-state index in [2.05, 4.69) is 15.4 Å². The molecule has 2 N–H and O–H groups in total. The molecule has 7 heteroatoms. The molecule has 0 aliphatic heterocycles. The number of hydrogen-bond donors (Lipinski definition) is 2. The zero-order valence-corrected chi connectivity index (χ0v) is 14.2. The van der Waals surface area contributed by atoms with Crippen molar-refractivity contribution in [2.45, 2.75) is 6.92 Å². The zero-order chi connectivity index (χ0) is 19.1. The van der Waals surface area contributed by atoms with Crippen LogP contribution in [0.3, 0.4) is 0 Å². The minimum absolute atomic E-state index is 0.0491. The van der Waals surface area contributed by atoms with Gasteiger partial charge in [-0.15, -0.1) is 0 Å². The van der Waals surface area contributed by atoms with Gasteiger partial charge in [-0.05, 0) is 42.0 Å². The first-order chi connectivity index (χ1) is 12.4. The fourth-order valence-corrected chi connectivity index (χ4v) is 2.10. The lowest BCUT2D eigenvalue weighted by molar-refractivity contribution is -0.114. The third-order valence-electron chi connectivity index (χ3n) is 3.30. The molecule has 0 radical (unpaired) electrons. The molecule has 2 rings (SSSR count). The predicted molar refractivity (Wildman–Crippen MR) is 96.1 cm³/mol. The molecule has 2 aromatic carbocycles. The summed E-state index contributed by atoms with van der Waals surface area (Å²) in [5.74, 6) is -1.92. The van der Waals surface area contributed by atoms with E-state index in [0.717, 1.165) is 6.07 Å². The lowest BCUT2D eigenvalue weighted by atomic mass is 10.1. The first-order valence-corrected chi connectivity index (χ1v) is 7.63. The highest BCUT2D eigenvalue weighted by Gasteiger charge is 2.07. The van der Waals surface area contributed by atoms with Crippen LogP contribution in [0.2, 0.25) is 0 Å². The highest BCUT2D eigenvalue weighted by Crippen LogP contribution is 2.19. The second kappa shape index (κ2) is 8.57. The van der Waals surface area contributed by atoms with Gasteiger partial charge in [0, 0.05) is 18.7 Å². The van der Waals surface area contributed by atoms with Gasteiger partial charge in [0.25, 0.3) is 0 Å². The molecule has 0 saturated heterocycles. The number of hydrogen-bond acceptors (Lipinski definition) is 4. The summed E-state index contributed by atoms with van der Waals surface area (Å²) in [5.41, 5.74) is 1.40. The first-order valence-electron chi connectivity index (χ1n) is 7.63. The molecular formula is C19H17FN2O4. The molecule has 0 aliphatic carbocycles. The van der Waals surface area contributed by atoms with Crippen LogP contribution in [0.1, 0.15) is 22.8 Å². The van der Waals surface area contributed by atoms with Crippen LogP contribution < -0.4 is 10.6 Å². The third-order valence-corrected chi connectivity index (χ3v) is 3.30. The number of rotatable bonds is 5. The number of carbonyl (C=O) groups is 3. The summed E-state index contributed by atoms with van der Waals surface area (Å²) in [6.07, 6.45) is 2.75. The quantitative estimate of drug-likeness (QED) is 0.636. The molecular weight excluding hydrogens is 339 g/mol. The van der Waals surface area contributed by atoms with Crippen LogP contribution in [0.15, 0.2) is 48.5 Å². The average molecular weight is 356 g/mol. The largest absolute Gasteiger partial charge is 0.465 e. The Morgan fingerprint density at radius 3 is 2.35 bits per heavy atom. The van der Waals surface area contributed by atoms with Gasteiger partial charge in [0.05, 0.1) is 18.4 Å². The van der Waals surface area contributed by atoms with Crippen LogP contribution in [-0.2, 0) is 14.3 Å².